The Bertz CT molecular complexity index is 892. The second kappa shape index (κ2) is 8.54. The molecule has 1 heterocycles. The normalized spacial score (nSPS) is 10.5. The van der Waals surface area contributed by atoms with Crippen LogP contribution >= 0.6 is 11.3 Å². The summed E-state index contributed by atoms with van der Waals surface area (Å²) in [4.78, 5) is 19.3. The fourth-order valence-electron chi connectivity index (χ4n) is 2.63. The molecule has 0 spiro atoms. The zero-order valence-corrected chi connectivity index (χ0v) is 15.1. The minimum Gasteiger partial charge on any atom is -0.334 e. The average Bonchev–Trinajstić information content (AvgIpc) is 3.15. The van der Waals surface area contributed by atoms with E-state index in [2.05, 4.69) is 11.6 Å². The number of hydrogen-bond acceptors (Lipinski definition) is 3. The maximum absolute atomic E-state index is 13.9. The number of aromatic nitrogens is 1. The van der Waals surface area contributed by atoms with Crippen molar-refractivity contribution in [2.24, 2.45) is 0 Å². The third kappa shape index (κ3) is 4.24. The Kier molecular flexibility index (Phi) is 5.92. The highest BCUT2D eigenvalue weighted by atomic mass is 32.1. The molecule has 0 aliphatic heterocycles. The summed E-state index contributed by atoms with van der Waals surface area (Å²) in [5, 5.41) is 0.507. The van der Waals surface area contributed by atoms with Gasteiger partial charge in [0.05, 0.1) is 6.20 Å². The molecule has 0 N–H and O–H groups in total. The number of hydrogen-bond donors (Lipinski definition) is 0. The molecular formula is C21H19FN2OS. The zero-order chi connectivity index (χ0) is 18.4. The summed E-state index contributed by atoms with van der Waals surface area (Å²) in [6, 6.07) is 16.5. The van der Waals surface area contributed by atoms with Crippen LogP contribution in [0.5, 0.6) is 0 Å². The van der Waals surface area contributed by atoms with Crippen LogP contribution in [0.2, 0.25) is 0 Å². The molecular weight excluding hydrogens is 347 g/mol. The van der Waals surface area contributed by atoms with Crippen LogP contribution < -0.4 is 0 Å². The maximum atomic E-state index is 13.9. The molecule has 26 heavy (non-hydrogen) atoms. The standard InChI is InChI=1S/C21H19FN2OS/c1-2-13-24(14-12-16-8-4-3-5-9-16)21(25)19-15-23-20(26-19)17-10-6-7-11-18(17)22/h2-11,15H,1,12-14H2. The van der Waals surface area contributed by atoms with Gasteiger partial charge >= 0.3 is 0 Å². The topological polar surface area (TPSA) is 33.2 Å². The van der Waals surface area contributed by atoms with Crippen LogP contribution in [0.4, 0.5) is 4.39 Å². The van der Waals surface area contributed by atoms with Gasteiger partial charge in [0.2, 0.25) is 0 Å². The molecule has 0 atom stereocenters. The van der Waals surface area contributed by atoms with Crippen LogP contribution in [-0.4, -0.2) is 28.9 Å². The molecule has 0 unspecified atom stereocenters. The van der Waals surface area contributed by atoms with Crippen molar-refractivity contribution in [1.29, 1.82) is 0 Å². The molecule has 132 valence electrons. The van der Waals surface area contributed by atoms with Gasteiger partial charge < -0.3 is 4.90 Å². The van der Waals surface area contributed by atoms with Crippen molar-refractivity contribution in [3.63, 3.8) is 0 Å². The van der Waals surface area contributed by atoms with E-state index in [1.165, 1.54) is 29.2 Å². The van der Waals surface area contributed by atoms with Crippen LogP contribution in [0, 0.1) is 5.82 Å². The first-order chi connectivity index (χ1) is 12.7. The average molecular weight is 366 g/mol. The molecule has 2 aromatic carbocycles. The summed E-state index contributed by atoms with van der Waals surface area (Å²) in [6.45, 7) is 4.78. The van der Waals surface area contributed by atoms with E-state index in [9.17, 15) is 9.18 Å². The smallest absolute Gasteiger partial charge is 0.265 e. The molecule has 0 aliphatic carbocycles. The van der Waals surface area contributed by atoms with E-state index < -0.39 is 0 Å². The maximum Gasteiger partial charge on any atom is 0.265 e. The van der Waals surface area contributed by atoms with Crippen molar-refractivity contribution >= 4 is 17.2 Å². The molecule has 0 saturated carbocycles. The van der Waals surface area contributed by atoms with Crippen LogP contribution in [0.1, 0.15) is 15.2 Å². The van der Waals surface area contributed by atoms with Crippen LogP contribution in [-0.2, 0) is 6.42 Å². The van der Waals surface area contributed by atoms with Gasteiger partial charge in [-0.3, -0.25) is 4.79 Å². The Hall–Kier alpha value is -2.79. The summed E-state index contributed by atoms with van der Waals surface area (Å²) >= 11 is 1.21. The van der Waals surface area contributed by atoms with Crippen molar-refractivity contribution in [3.8, 4) is 10.6 Å². The second-order valence-electron chi connectivity index (χ2n) is 5.78. The minimum absolute atomic E-state index is 0.110. The van der Waals surface area contributed by atoms with E-state index >= 15 is 0 Å². The van der Waals surface area contributed by atoms with E-state index in [-0.39, 0.29) is 11.7 Å². The lowest BCUT2D eigenvalue weighted by molar-refractivity contribution is 0.0780. The number of halogens is 1. The lowest BCUT2D eigenvalue weighted by Gasteiger charge is -2.20. The van der Waals surface area contributed by atoms with Gasteiger partial charge in [0, 0.05) is 18.7 Å². The van der Waals surface area contributed by atoms with Gasteiger partial charge in [-0.05, 0) is 24.1 Å². The molecule has 3 aromatic rings. The Balaban J connectivity index is 1.75. The molecule has 3 nitrogen and oxygen atoms in total. The highest BCUT2D eigenvalue weighted by Gasteiger charge is 2.19. The van der Waals surface area contributed by atoms with E-state index in [0.29, 0.717) is 28.5 Å². The van der Waals surface area contributed by atoms with E-state index in [1.54, 1.807) is 29.2 Å². The number of carbonyl (C=O) groups is 1. The third-order valence-corrected chi connectivity index (χ3v) is 4.99. The lowest BCUT2D eigenvalue weighted by atomic mass is 10.1. The van der Waals surface area contributed by atoms with Crippen molar-refractivity contribution in [3.05, 3.63) is 89.7 Å². The zero-order valence-electron chi connectivity index (χ0n) is 14.3. The van der Waals surface area contributed by atoms with E-state index in [0.717, 1.165) is 6.42 Å². The summed E-state index contributed by atoms with van der Waals surface area (Å²) < 4.78 is 13.9. The molecule has 0 bridgehead atoms. The second-order valence-corrected chi connectivity index (χ2v) is 6.82. The Morgan fingerprint density at radius 1 is 1.15 bits per heavy atom. The molecule has 0 aliphatic rings. The van der Waals surface area contributed by atoms with Gasteiger partial charge in [-0.25, -0.2) is 9.37 Å². The number of benzene rings is 2. The summed E-state index contributed by atoms with van der Waals surface area (Å²) in [7, 11) is 0. The quantitative estimate of drug-likeness (QED) is 0.562. The number of carbonyl (C=O) groups excluding carboxylic acids is 1. The molecule has 1 amide bonds. The first kappa shape index (κ1) is 18.0. The van der Waals surface area contributed by atoms with Crippen molar-refractivity contribution < 1.29 is 9.18 Å². The first-order valence-electron chi connectivity index (χ1n) is 8.34. The molecule has 3 rings (SSSR count). The molecule has 1 aromatic heterocycles. The number of nitrogens with zero attached hydrogens (tertiary/aromatic N) is 2. The monoisotopic (exact) mass is 366 g/mol. The molecule has 5 heteroatoms. The SMILES string of the molecule is C=CCN(CCc1ccccc1)C(=O)c1cnc(-c2ccccc2F)s1. The fraction of sp³-hybridized carbons (Fsp3) is 0.143. The van der Waals surface area contributed by atoms with Gasteiger partial charge in [0.25, 0.3) is 5.91 Å². The lowest BCUT2D eigenvalue weighted by Crippen LogP contribution is -2.32. The largest absolute Gasteiger partial charge is 0.334 e. The van der Waals surface area contributed by atoms with Gasteiger partial charge in [0.15, 0.2) is 0 Å². The summed E-state index contributed by atoms with van der Waals surface area (Å²) in [5.41, 5.74) is 1.59. The summed E-state index contributed by atoms with van der Waals surface area (Å²) in [5.74, 6) is -0.450. The number of thiazole rings is 1. The highest BCUT2D eigenvalue weighted by Crippen LogP contribution is 2.28. The third-order valence-electron chi connectivity index (χ3n) is 3.97. The molecule has 0 radical (unpaired) electrons. The van der Waals surface area contributed by atoms with Crippen molar-refractivity contribution in [1.82, 2.24) is 9.88 Å². The van der Waals surface area contributed by atoms with Crippen LogP contribution in [0.3, 0.4) is 0 Å². The van der Waals surface area contributed by atoms with Gasteiger partial charge in [-0.2, -0.15) is 0 Å². The van der Waals surface area contributed by atoms with Crippen molar-refractivity contribution in [2.75, 3.05) is 13.1 Å². The van der Waals surface area contributed by atoms with Crippen molar-refractivity contribution in [2.45, 2.75) is 6.42 Å². The van der Waals surface area contributed by atoms with E-state index in [4.69, 9.17) is 0 Å². The molecule has 0 fully saturated rings. The minimum atomic E-state index is -0.340. The van der Waals surface area contributed by atoms with Gasteiger partial charge in [-0.1, -0.05) is 48.5 Å². The fourth-order valence-corrected chi connectivity index (χ4v) is 3.54. The van der Waals surface area contributed by atoms with Gasteiger partial charge in [-0.15, -0.1) is 17.9 Å². The van der Waals surface area contributed by atoms with E-state index in [1.807, 2.05) is 30.3 Å². The van der Waals surface area contributed by atoms with Gasteiger partial charge in [0.1, 0.15) is 15.7 Å². The van der Waals surface area contributed by atoms with Crippen LogP contribution in [0.15, 0.2) is 73.4 Å². The molecule has 0 saturated heterocycles. The van der Waals surface area contributed by atoms with Crippen LogP contribution in [0.25, 0.3) is 10.6 Å². The highest BCUT2D eigenvalue weighted by molar-refractivity contribution is 7.16. The Morgan fingerprint density at radius 3 is 2.62 bits per heavy atom. The predicted octanol–water partition coefficient (Wildman–Crippen LogP) is 4.82. The first-order valence-corrected chi connectivity index (χ1v) is 9.15. The predicted molar refractivity (Wildman–Crippen MR) is 104 cm³/mol. The number of amides is 1. The Morgan fingerprint density at radius 2 is 1.88 bits per heavy atom. The summed E-state index contributed by atoms with van der Waals surface area (Å²) in [6.07, 6.45) is 3.99. The Labute approximate surface area is 156 Å². The number of rotatable bonds is 7.